The maximum atomic E-state index is 2.48. The van der Waals surface area contributed by atoms with E-state index in [4.69, 9.17) is 0 Å². The van der Waals surface area contributed by atoms with Gasteiger partial charge in [-0.2, -0.15) is 0 Å². The van der Waals surface area contributed by atoms with Gasteiger partial charge in [-0.1, -0.05) is 118 Å². The number of thiophene rings is 1. The van der Waals surface area contributed by atoms with Gasteiger partial charge in [0.05, 0.1) is 11.4 Å². The van der Waals surface area contributed by atoms with E-state index in [0.717, 1.165) is 11.4 Å². The lowest BCUT2D eigenvalue weighted by Gasteiger charge is -2.43. The molecule has 2 aliphatic rings. The molecule has 0 amide bonds. The third-order valence-corrected chi connectivity index (χ3v) is 12.8. The molecule has 0 atom stereocenters. The van der Waals surface area contributed by atoms with Gasteiger partial charge in [0.1, 0.15) is 0 Å². The Morgan fingerprint density at radius 2 is 1.04 bits per heavy atom. The number of nitrogens with zero attached hydrogens (tertiary/aromatic N) is 2. The minimum atomic E-state index is -0.222. The SMILES string of the molecule is Cc1ccc2c(c1)C(C)(C)c1cc(N(c3ccc4c(c3)C(C)(C)c3ccccc3-4)c3ccc4c(c3)sc3ccccc34)ccc1N2c1ccccc1. The predicted molar refractivity (Wildman–Crippen MR) is 223 cm³/mol. The summed E-state index contributed by atoms with van der Waals surface area (Å²) in [4.78, 5) is 4.93. The Labute approximate surface area is 310 Å². The van der Waals surface area contributed by atoms with Crippen LogP contribution < -0.4 is 9.80 Å². The number of hydrogen-bond donors (Lipinski definition) is 0. The Kier molecular flexibility index (Phi) is 6.69. The highest BCUT2D eigenvalue weighted by Crippen LogP contribution is 2.55. The van der Waals surface area contributed by atoms with Crippen LogP contribution in [0.3, 0.4) is 0 Å². The van der Waals surface area contributed by atoms with Gasteiger partial charge in [-0.25, -0.2) is 0 Å². The highest BCUT2D eigenvalue weighted by molar-refractivity contribution is 7.25. The summed E-state index contributed by atoms with van der Waals surface area (Å²) in [6, 6.07) is 56.7. The van der Waals surface area contributed by atoms with Crippen LogP contribution in [0.4, 0.5) is 34.1 Å². The molecule has 0 N–H and O–H groups in total. The van der Waals surface area contributed by atoms with E-state index >= 15 is 0 Å². The van der Waals surface area contributed by atoms with Gasteiger partial charge in [-0.05, 0) is 107 Å². The minimum absolute atomic E-state index is 0.0986. The van der Waals surface area contributed by atoms with E-state index in [9.17, 15) is 0 Å². The first kappa shape index (κ1) is 31.1. The average Bonchev–Trinajstić information content (AvgIpc) is 3.64. The van der Waals surface area contributed by atoms with Crippen LogP contribution >= 0.6 is 11.3 Å². The lowest BCUT2D eigenvalue weighted by atomic mass is 9.73. The minimum Gasteiger partial charge on any atom is -0.310 e. The molecule has 2 heterocycles. The fraction of sp³-hybridized carbons (Fsp3) is 0.143. The Morgan fingerprint density at radius 3 is 1.87 bits per heavy atom. The van der Waals surface area contributed by atoms with Crippen molar-refractivity contribution in [2.45, 2.75) is 45.4 Å². The molecular formula is C49H40N2S. The molecule has 0 spiro atoms. The normalized spacial score (nSPS) is 14.9. The molecule has 1 aliphatic carbocycles. The lowest BCUT2D eigenvalue weighted by Crippen LogP contribution is -2.31. The van der Waals surface area contributed by atoms with Crippen molar-refractivity contribution in [3.05, 3.63) is 179 Å². The maximum Gasteiger partial charge on any atom is 0.0504 e. The molecule has 0 fully saturated rings. The molecule has 10 rings (SSSR count). The summed E-state index contributed by atoms with van der Waals surface area (Å²) >= 11 is 1.88. The molecule has 0 bridgehead atoms. The Hall–Kier alpha value is -5.64. The zero-order valence-electron chi connectivity index (χ0n) is 30.2. The van der Waals surface area contributed by atoms with E-state index < -0.39 is 0 Å². The molecule has 3 heteroatoms. The van der Waals surface area contributed by atoms with Crippen LogP contribution in [0.5, 0.6) is 0 Å². The first-order chi connectivity index (χ1) is 25.2. The summed E-state index contributed by atoms with van der Waals surface area (Å²) < 4.78 is 2.62. The average molecular weight is 689 g/mol. The van der Waals surface area contributed by atoms with E-state index in [-0.39, 0.29) is 10.8 Å². The van der Waals surface area contributed by atoms with Crippen LogP contribution in [0.1, 0.15) is 55.5 Å². The van der Waals surface area contributed by atoms with Gasteiger partial charge >= 0.3 is 0 Å². The van der Waals surface area contributed by atoms with Crippen molar-refractivity contribution in [1.82, 2.24) is 0 Å². The van der Waals surface area contributed by atoms with Crippen LogP contribution in [0.2, 0.25) is 0 Å². The quantitative estimate of drug-likeness (QED) is 0.182. The number of hydrogen-bond acceptors (Lipinski definition) is 3. The number of para-hydroxylation sites is 1. The predicted octanol–water partition coefficient (Wildman–Crippen LogP) is 14.2. The van der Waals surface area contributed by atoms with Crippen LogP contribution in [0.25, 0.3) is 31.3 Å². The van der Waals surface area contributed by atoms with Crippen molar-refractivity contribution in [2.75, 3.05) is 9.80 Å². The van der Waals surface area contributed by atoms with Crippen LogP contribution in [-0.4, -0.2) is 0 Å². The molecule has 252 valence electrons. The van der Waals surface area contributed by atoms with Crippen LogP contribution in [0.15, 0.2) is 152 Å². The molecular weight excluding hydrogens is 649 g/mol. The van der Waals surface area contributed by atoms with Crippen LogP contribution in [0, 0.1) is 6.92 Å². The fourth-order valence-electron chi connectivity index (χ4n) is 8.97. The first-order valence-corrected chi connectivity index (χ1v) is 19.1. The monoisotopic (exact) mass is 688 g/mol. The lowest BCUT2D eigenvalue weighted by molar-refractivity contribution is 0.631. The van der Waals surface area contributed by atoms with Crippen molar-refractivity contribution in [1.29, 1.82) is 0 Å². The molecule has 8 aromatic rings. The Morgan fingerprint density at radius 1 is 0.462 bits per heavy atom. The summed E-state index contributed by atoms with van der Waals surface area (Å²) in [5.74, 6) is 0. The molecule has 0 saturated heterocycles. The summed E-state index contributed by atoms with van der Waals surface area (Å²) in [7, 11) is 0. The molecule has 1 aliphatic heterocycles. The van der Waals surface area contributed by atoms with Gasteiger partial charge < -0.3 is 9.80 Å². The highest BCUT2D eigenvalue weighted by Gasteiger charge is 2.39. The van der Waals surface area contributed by atoms with Gasteiger partial charge in [-0.15, -0.1) is 11.3 Å². The van der Waals surface area contributed by atoms with Crippen molar-refractivity contribution < 1.29 is 0 Å². The number of fused-ring (bicyclic) bond motifs is 8. The largest absolute Gasteiger partial charge is 0.310 e. The Balaban J connectivity index is 1.20. The maximum absolute atomic E-state index is 2.48. The molecule has 2 nitrogen and oxygen atoms in total. The third-order valence-electron chi connectivity index (χ3n) is 11.7. The zero-order valence-corrected chi connectivity index (χ0v) is 31.1. The second-order valence-electron chi connectivity index (χ2n) is 15.5. The topological polar surface area (TPSA) is 6.48 Å². The molecule has 0 unspecified atom stereocenters. The second kappa shape index (κ2) is 11.2. The molecule has 1 aromatic heterocycles. The van der Waals surface area contributed by atoms with Gasteiger partial charge in [0.2, 0.25) is 0 Å². The summed E-state index contributed by atoms with van der Waals surface area (Å²) in [5, 5.41) is 2.63. The number of aryl methyl sites for hydroxylation is 1. The third kappa shape index (κ3) is 4.49. The van der Waals surface area contributed by atoms with E-state index in [0.29, 0.717) is 0 Å². The summed E-state index contributed by atoms with van der Waals surface area (Å²) in [6.45, 7) is 11.7. The fourth-order valence-corrected chi connectivity index (χ4v) is 10.1. The highest BCUT2D eigenvalue weighted by atomic mass is 32.1. The van der Waals surface area contributed by atoms with Crippen LogP contribution in [-0.2, 0) is 10.8 Å². The zero-order chi connectivity index (χ0) is 35.4. The summed E-state index contributed by atoms with van der Waals surface area (Å²) in [5.41, 5.74) is 16.2. The van der Waals surface area contributed by atoms with Crippen molar-refractivity contribution in [3.63, 3.8) is 0 Å². The number of rotatable bonds is 4. The van der Waals surface area contributed by atoms with Gasteiger partial charge in [0, 0.05) is 53.8 Å². The molecule has 0 radical (unpaired) electrons. The van der Waals surface area contributed by atoms with Gasteiger partial charge in [0.25, 0.3) is 0 Å². The van der Waals surface area contributed by atoms with E-state index in [1.165, 1.54) is 81.9 Å². The first-order valence-electron chi connectivity index (χ1n) is 18.3. The molecule has 7 aromatic carbocycles. The Bertz CT molecular complexity index is 2720. The number of anilines is 6. The van der Waals surface area contributed by atoms with Gasteiger partial charge in [0.15, 0.2) is 0 Å². The standard InChI is InChI=1S/C49H40N2S/c1-31-19-25-44-42(27-31)49(4,5)43-29-34(22-26-45(43)51(44)32-13-7-6-8-14-32)50(35-21-24-39-38-16-10-12-18-46(38)52-47(39)30-35)33-20-23-37-36-15-9-11-17-40(36)48(2,3)41(37)28-33/h6-30H,1-5H3. The summed E-state index contributed by atoms with van der Waals surface area (Å²) in [6.07, 6.45) is 0. The number of benzene rings is 7. The molecule has 52 heavy (non-hydrogen) atoms. The van der Waals surface area contributed by atoms with Crippen molar-refractivity contribution in [3.8, 4) is 11.1 Å². The smallest absolute Gasteiger partial charge is 0.0504 e. The van der Waals surface area contributed by atoms with E-state index in [1.54, 1.807) is 0 Å². The van der Waals surface area contributed by atoms with E-state index in [2.05, 4.69) is 196 Å². The van der Waals surface area contributed by atoms with Crippen molar-refractivity contribution in [2.24, 2.45) is 0 Å². The van der Waals surface area contributed by atoms with Crippen molar-refractivity contribution >= 4 is 65.6 Å². The van der Waals surface area contributed by atoms with E-state index in [1.807, 2.05) is 11.3 Å². The van der Waals surface area contributed by atoms with Gasteiger partial charge in [-0.3, -0.25) is 0 Å². The second-order valence-corrected chi connectivity index (χ2v) is 16.6. The molecule has 0 saturated carbocycles.